The first kappa shape index (κ1) is 27.9. The van der Waals surface area contributed by atoms with Gasteiger partial charge in [-0.2, -0.15) is 0 Å². The maximum absolute atomic E-state index is 12.7. The van der Waals surface area contributed by atoms with E-state index in [0.717, 1.165) is 46.4 Å². The molecule has 2 aromatic carbocycles. The Morgan fingerprint density at radius 3 is 2.30 bits per heavy atom. The van der Waals surface area contributed by atoms with Gasteiger partial charge in [0, 0.05) is 24.4 Å². The minimum absolute atomic E-state index is 0.0220. The molecule has 0 saturated heterocycles. The number of benzene rings is 2. The monoisotopic (exact) mass is 503 g/mol. The van der Waals surface area contributed by atoms with E-state index in [1.165, 1.54) is 0 Å². The molecular formula is C31H37NO5. The Bertz CT molecular complexity index is 1240. The number of methoxy groups -OCH3 is 1. The van der Waals surface area contributed by atoms with E-state index in [9.17, 15) is 9.59 Å². The highest BCUT2D eigenvalue weighted by Gasteiger charge is 2.17. The molecule has 0 radical (unpaired) electrons. The molecule has 3 rings (SSSR count). The number of ether oxygens (including phenoxy) is 3. The lowest BCUT2D eigenvalue weighted by molar-refractivity contribution is -0.121. The minimum atomic E-state index is -0.0953. The molecule has 196 valence electrons. The molecule has 0 N–H and O–H groups in total. The largest absolute Gasteiger partial charge is 0.497 e. The average Bonchev–Trinajstić information content (AvgIpc) is 2.90. The van der Waals surface area contributed by atoms with Crippen LogP contribution in [0.5, 0.6) is 17.2 Å². The number of carbonyl (C=O) groups excluding carboxylic acids is 2. The predicted octanol–water partition coefficient (Wildman–Crippen LogP) is 7.12. The van der Waals surface area contributed by atoms with Crippen molar-refractivity contribution in [2.75, 3.05) is 7.11 Å². The topological polar surface area (TPSA) is 74.7 Å². The summed E-state index contributed by atoms with van der Waals surface area (Å²) in [5.74, 6) is 1.94. The summed E-state index contributed by atoms with van der Waals surface area (Å²) in [5.41, 5.74) is 2.72. The maximum atomic E-state index is 12.7. The molecule has 6 nitrogen and oxygen atoms in total. The Balaban J connectivity index is 1.81. The lowest BCUT2D eigenvalue weighted by Gasteiger charge is -2.17. The van der Waals surface area contributed by atoms with Crippen LogP contribution in [0.25, 0.3) is 17.0 Å². The summed E-state index contributed by atoms with van der Waals surface area (Å²) in [6, 6.07) is 13.1. The third-order valence-corrected chi connectivity index (χ3v) is 5.87. The number of unbranched alkanes of at least 4 members (excludes halogenated alkanes) is 1. The van der Waals surface area contributed by atoms with Gasteiger partial charge in [-0.1, -0.05) is 32.4 Å². The number of allylic oxidation sites excluding steroid dienone is 1. The van der Waals surface area contributed by atoms with E-state index < -0.39 is 0 Å². The second kappa shape index (κ2) is 13.6. The molecule has 0 fully saturated rings. The van der Waals surface area contributed by atoms with Crippen LogP contribution in [0, 0.1) is 0 Å². The van der Waals surface area contributed by atoms with Crippen molar-refractivity contribution in [2.45, 2.75) is 72.5 Å². The summed E-state index contributed by atoms with van der Waals surface area (Å²) in [6.07, 6.45) is 6.63. The smallest absolute Gasteiger partial charge is 0.166 e. The molecule has 0 unspecified atom stereocenters. The van der Waals surface area contributed by atoms with Crippen LogP contribution in [0.4, 0.5) is 0 Å². The van der Waals surface area contributed by atoms with Crippen LogP contribution in [-0.2, 0) is 16.2 Å². The summed E-state index contributed by atoms with van der Waals surface area (Å²) in [4.78, 5) is 29.8. The summed E-state index contributed by atoms with van der Waals surface area (Å²) in [7, 11) is 1.63. The first-order valence-corrected chi connectivity index (χ1v) is 13.0. The zero-order valence-electron chi connectivity index (χ0n) is 22.5. The van der Waals surface area contributed by atoms with Gasteiger partial charge in [-0.3, -0.25) is 14.6 Å². The number of hydrogen-bond acceptors (Lipinski definition) is 6. The van der Waals surface area contributed by atoms with Crippen molar-refractivity contribution in [3.8, 4) is 17.2 Å². The van der Waals surface area contributed by atoms with Gasteiger partial charge in [0.2, 0.25) is 0 Å². The van der Waals surface area contributed by atoms with Crippen molar-refractivity contribution in [3.05, 3.63) is 65.4 Å². The van der Waals surface area contributed by atoms with E-state index in [0.29, 0.717) is 25.0 Å². The second-order valence-electron chi connectivity index (χ2n) is 9.28. The lowest BCUT2D eigenvalue weighted by Crippen LogP contribution is -2.12. The van der Waals surface area contributed by atoms with Gasteiger partial charge in [0.25, 0.3) is 0 Å². The third kappa shape index (κ3) is 7.66. The van der Waals surface area contributed by atoms with E-state index >= 15 is 0 Å². The molecule has 6 heteroatoms. The van der Waals surface area contributed by atoms with Crippen LogP contribution in [-0.4, -0.2) is 29.8 Å². The van der Waals surface area contributed by atoms with Gasteiger partial charge < -0.3 is 14.2 Å². The fourth-order valence-electron chi connectivity index (χ4n) is 3.93. The third-order valence-electron chi connectivity index (χ3n) is 5.87. The molecule has 1 aromatic heterocycles. The Morgan fingerprint density at radius 2 is 1.65 bits per heavy atom. The standard InChI is InChI=1S/C31H37NO5/c1-6-8-10-30(34)27(29(33)9-7-2)17-22-11-13-24(14-12-22)36-20-23-19-32-28-16-15-25(35-5)18-26(28)31(23)37-21(3)4/h11-19,21H,6-10,20H2,1-5H3/b27-17+. The number of nitrogens with zero attached hydrogens (tertiary/aromatic N) is 1. The molecule has 0 aliphatic rings. The van der Waals surface area contributed by atoms with Gasteiger partial charge in [0.1, 0.15) is 23.9 Å². The van der Waals surface area contributed by atoms with Crippen molar-refractivity contribution < 1.29 is 23.8 Å². The zero-order valence-corrected chi connectivity index (χ0v) is 22.5. The number of carbonyl (C=O) groups is 2. The minimum Gasteiger partial charge on any atom is -0.497 e. The Labute approximate surface area is 219 Å². The van der Waals surface area contributed by atoms with E-state index in [1.807, 2.05) is 70.2 Å². The predicted molar refractivity (Wildman–Crippen MR) is 147 cm³/mol. The van der Waals surface area contributed by atoms with Crippen molar-refractivity contribution in [3.63, 3.8) is 0 Å². The maximum Gasteiger partial charge on any atom is 0.166 e. The quantitative estimate of drug-likeness (QED) is 0.132. The SMILES string of the molecule is CCCCC(=O)/C(=C/c1ccc(OCc2cnc3ccc(OC)cc3c2OC(C)C)cc1)C(=O)CCC. The molecule has 0 aliphatic heterocycles. The van der Waals surface area contributed by atoms with Crippen LogP contribution >= 0.6 is 0 Å². The van der Waals surface area contributed by atoms with Gasteiger partial charge in [0.05, 0.1) is 29.9 Å². The van der Waals surface area contributed by atoms with Crippen LogP contribution < -0.4 is 14.2 Å². The summed E-state index contributed by atoms with van der Waals surface area (Å²) >= 11 is 0. The number of ketones is 2. The molecular weight excluding hydrogens is 466 g/mol. The highest BCUT2D eigenvalue weighted by atomic mass is 16.5. The van der Waals surface area contributed by atoms with E-state index in [-0.39, 0.29) is 29.9 Å². The molecule has 0 bridgehead atoms. The fraction of sp³-hybridized carbons (Fsp3) is 0.387. The molecule has 37 heavy (non-hydrogen) atoms. The van der Waals surface area contributed by atoms with Crippen molar-refractivity contribution in [1.82, 2.24) is 4.98 Å². The molecule has 0 saturated carbocycles. The van der Waals surface area contributed by atoms with Gasteiger partial charge in [-0.15, -0.1) is 0 Å². The first-order valence-electron chi connectivity index (χ1n) is 13.0. The van der Waals surface area contributed by atoms with Gasteiger partial charge in [0.15, 0.2) is 11.6 Å². The summed E-state index contributed by atoms with van der Waals surface area (Å²) in [6.45, 7) is 8.21. The number of pyridine rings is 1. The number of hydrogen-bond donors (Lipinski definition) is 0. The Hall–Kier alpha value is -3.67. The summed E-state index contributed by atoms with van der Waals surface area (Å²) in [5, 5.41) is 0.867. The average molecular weight is 504 g/mol. The number of aromatic nitrogens is 1. The van der Waals surface area contributed by atoms with Crippen molar-refractivity contribution in [2.24, 2.45) is 0 Å². The van der Waals surface area contributed by atoms with Gasteiger partial charge in [-0.05, 0) is 68.7 Å². The summed E-state index contributed by atoms with van der Waals surface area (Å²) < 4.78 is 17.6. The first-order chi connectivity index (χ1) is 17.9. The van der Waals surface area contributed by atoms with Crippen LogP contribution in [0.15, 0.2) is 54.2 Å². The zero-order chi connectivity index (χ0) is 26.8. The highest BCUT2D eigenvalue weighted by molar-refractivity contribution is 6.23. The van der Waals surface area contributed by atoms with Crippen LogP contribution in [0.1, 0.15) is 70.9 Å². The van der Waals surface area contributed by atoms with E-state index in [4.69, 9.17) is 14.2 Å². The molecule has 1 heterocycles. The molecule has 3 aromatic rings. The number of rotatable bonds is 14. The molecule has 0 atom stereocenters. The normalized spacial score (nSPS) is 11.6. The Kier molecular flexibility index (Phi) is 10.2. The second-order valence-corrected chi connectivity index (χ2v) is 9.28. The molecule has 0 amide bonds. The molecule has 0 spiro atoms. The van der Waals surface area contributed by atoms with Crippen molar-refractivity contribution in [1.29, 1.82) is 0 Å². The highest BCUT2D eigenvalue weighted by Crippen LogP contribution is 2.33. The van der Waals surface area contributed by atoms with Crippen LogP contribution in [0.2, 0.25) is 0 Å². The Morgan fingerprint density at radius 1 is 0.946 bits per heavy atom. The van der Waals surface area contributed by atoms with Gasteiger partial charge >= 0.3 is 0 Å². The number of fused-ring (bicyclic) bond motifs is 1. The molecule has 0 aliphatic carbocycles. The van der Waals surface area contributed by atoms with Gasteiger partial charge in [-0.25, -0.2) is 0 Å². The van der Waals surface area contributed by atoms with E-state index in [1.54, 1.807) is 19.4 Å². The van der Waals surface area contributed by atoms with Crippen LogP contribution in [0.3, 0.4) is 0 Å². The number of Topliss-reactive ketones (excluding diaryl/α,β-unsaturated/α-hetero) is 2. The lowest BCUT2D eigenvalue weighted by atomic mass is 9.97. The van der Waals surface area contributed by atoms with Crippen molar-refractivity contribution >= 4 is 28.5 Å². The fourth-order valence-corrected chi connectivity index (χ4v) is 3.93. The van der Waals surface area contributed by atoms with E-state index in [2.05, 4.69) is 4.98 Å².